The fraction of sp³-hybridized carbons (Fsp3) is 0.400. The van der Waals surface area contributed by atoms with E-state index in [9.17, 15) is 9.59 Å². The maximum absolute atomic E-state index is 13.2. The zero-order valence-electron chi connectivity index (χ0n) is 19.1. The molecule has 2 aromatic rings. The number of amides is 1. The summed E-state index contributed by atoms with van der Waals surface area (Å²) in [5.74, 6) is -0.299. The van der Waals surface area contributed by atoms with Gasteiger partial charge >= 0.3 is 186 Å². The van der Waals surface area contributed by atoms with Gasteiger partial charge in [-0.25, -0.2) is 0 Å². The molecule has 0 spiro atoms. The number of nitrogens with one attached hydrogen (secondary N) is 1. The van der Waals surface area contributed by atoms with Crippen LogP contribution in [-0.2, 0) is 20.9 Å². The number of hydrogen-bond acceptors (Lipinski definition) is 4. The molecule has 0 aliphatic heterocycles. The Hall–Kier alpha value is -2.70. The number of nitriles is 1. The Labute approximate surface area is 186 Å². The van der Waals surface area contributed by atoms with Crippen molar-refractivity contribution in [3.05, 3.63) is 64.7 Å². The van der Waals surface area contributed by atoms with Gasteiger partial charge in [-0.05, 0) is 0 Å². The molecule has 0 aromatic heterocycles. The molecule has 2 aromatic carbocycles. The molecule has 0 aliphatic rings. The summed E-state index contributed by atoms with van der Waals surface area (Å²) in [6.07, 6.45) is 1.97. The van der Waals surface area contributed by atoms with E-state index in [0.717, 1.165) is 34.7 Å². The molecule has 1 amide bonds. The van der Waals surface area contributed by atoms with E-state index in [1.165, 1.54) is 0 Å². The molecule has 2 rings (SSSR count). The predicted octanol–water partition coefficient (Wildman–Crippen LogP) is 5.04. The van der Waals surface area contributed by atoms with E-state index in [-0.39, 0.29) is 24.1 Å². The third kappa shape index (κ3) is 6.15. The number of nitrogens with zero attached hydrogens (tertiary/aromatic N) is 1. The van der Waals surface area contributed by atoms with E-state index in [2.05, 4.69) is 25.2 Å². The van der Waals surface area contributed by atoms with Gasteiger partial charge in [-0.1, -0.05) is 0 Å². The van der Waals surface area contributed by atoms with E-state index in [1.54, 1.807) is 12.1 Å². The van der Waals surface area contributed by atoms with Crippen molar-refractivity contribution in [2.24, 2.45) is 0 Å². The third-order valence-corrected chi connectivity index (χ3v) is 12.3. The number of carbonyl (C=O) groups is 2. The minimum atomic E-state index is -2.26. The molecular formula is C25H33N2O3P. The average Bonchev–Trinajstić information content (AvgIpc) is 2.78. The van der Waals surface area contributed by atoms with Crippen molar-refractivity contribution in [1.82, 2.24) is 0 Å². The van der Waals surface area contributed by atoms with Crippen LogP contribution in [0, 0.1) is 25.2 Å². The molecule has 0 bridgehead atoms. The van der Waals surface area contributed by atoms with Crippen molar-refractivity contribution in [2.75, 3.05) is 23.8 Å². The number of anilines is 1. The first kappa shape index (κ1) is 24.6. The van der Waals surface area contributed by atoms with E-state index >= 15 is 0 Å². The van der Waals surface area contributed by atoms with Gasteiger partial charge < -0.3 is 0 Å². The van der Waals surface area contributed by atoms with E-state index < -0.39 is 7.26 Å². The molecule has 6 heteroatoms. The van der Waals surface area contributed by atoms with E-state index in [4.69, 9.17) is 10.00 Å². The summed E-state index contributed by atoms with van der Waals surface area (Å²) in [5, 5.41) is 12.2. The summed E-state index contributed by atoms with van der Waals surface area (Å²) in [6.45, 7) is 10.1. The van der Waals surface area contributed by atoms with Crippen LogP contribution in [0.25, 0.3) is 0 Å². The average molecular weight is 441 g/mol. The van der Waals surface area contributed by atoms with Crippen LogP contribution in [0.5, 0.6) is 0 Å². The van der Waals surface area contributed by atoms with Crippen LogP contribution in [0.15, 0.2) is 42.5 Å². The van der Waals surface area contributed by atoms with Gasteiger partial charge in [0.2, 0.25) is 0 Å². The molecule has 0 heterocycles. The third-order valence-electron chi connectivity index (χ3n) is 6.37. The number of rotatable bonds is 9. The SMILES string of the molecule is CC[PH](CC)(CC(=O)OCc1ccccc1)C(C)C(=O)Nc1c(C)cc(C#N)cc1C. The zero-order valence-corrected chi connectivity index (χ0v) is 20.1. The van der Waals surface area contributed by atoms with Gasteiger partial charge in [0.05, 0.1) is 0 Å². The van der Waals surface area contributed by atoms with Crippen molar-refractivity contribution in [2.45, 2.75) is 46.9 Å². The van der Waals surface area contributed by atoms with Crippen LogP contribution < -0.4 is 5.32 Å². The van der Waals surface area contributed by atoms with Crippen molar-refractivity contribution in [3.63, 3.8) is 0 Å². The van der Waals surface area contributed by atoms with Gasteiger partial charge in [-0.2, -0.15) is 0 Å². The predicted molar refractivity (Wildman–Crippen MR) is 129 cm³/mol. The van der Waals surface area contributed by atoms with E-state index in [1.807, 2.05) is 51.1 Å². The standard InChI is InChI=1S/C25H33N2O3P/c1-6-31(7-2,17-23(28)30-16-21-11-9-8-10-12-21)20(5)25(29)27-24-18(3)13-22(15-26)14-19(24)4/h8-14,20,31H,6-7,16-17H2,1-5H3,(H,27,29). The molecule has 31 heavy (non-hydrogen) atoms. The summed E-state index contributed by atoms with van der Waals surface area (Å²) in [5.41, 5.74) is 3.75. The number of esters is 1. The van der Waals surface area contributed by atoms with Gasteiger partial charge in [-0.15, -0.1) is 0 Å². The second kappa shape index (κ2) is 11.1. The van der Waals surface area contributed by atoms with Crippen LogP contribution in [0.2, 0.25) is 0 Å². The normalized spacial score (nSPS) is 12.5. The van der Waals surface area contributed by atoms with Crippen molar-refractivity contribution in [1.29, 1.82) is 5.26 Å². The Morgan fingerprint density at radius 1 is 1.10 bits per heavy atom. The fourth-order valence-corrected chi connectivity index (χ4v) is 7.91. The first-order valence-corrected chi connectivity index (χ1v) is 13.5. The number of aryl methyl sites for hydroxylation is 2. The summed E-state index contributed by atoms with van der Waals surface area (Å²) in [7, 11) is -2.26. The van der Waals surface area contributed by atoms with Crippen LogP contribution in [0.1, 0.15) is 43.0 Å². The Kier molecular flexibility index (Phi) is 8.77. The summed E-state index contributed by atoms with van der Waals surface area (Å²) >= 11 is 0. The molecule has 0 saturated heterocycles. The number of carbonyl (C=O) groups excluding carboxylic acids is 2. The molecule has 0 radical (unpaired) electrons. The van der Waals surface area contributed by atoms with Gasteiger partial charge in [0, 0.05) is 0 Å². The second-order valence-electron chi connectivity index (χ2n) is 8.20. The molecule has 0 saturated carbocycles. The topological polar surface area (TPSA) is 79.2 Å². The van der Waals surface area contributed by atoms with Gasteiger partial charge in [0.15, 0.2) is 0 Å². The number of benzene rings is 2. The Morgan fingerprint density at radius 3 is 2.19 bits per heavy atom. The van der Waals surface area contributed by atoms with Gasteiger partial charge in [-0.3, -0.25) is 0 Å². The molecule has 0 fully saturated rings. The summed E-state index contributed by atoms with van der Waals surface area (Å²) in [6, 6.07) is 15.3. The zero-order chi connectivity index (χ0) is 23.0. The van der Waals surface area contributed by atoms with Gasteiger partial charge in [0.25, 0.3) is 0 Å². The van der Waals surface area contributed by atoms with Crippen molar-refractivity contribution >= 4 is 24.8 Å². The van der Waals surface area contributed by atoms with Gasteiger partial charge in [0.1, 0.15) is 0 Å². The maximum atomic E-state index is 13.2. The molecule has 166 valence electrons. The van der Waals surface area contributed by atoms with Crippen LogP contribution in [0.3, 0.4) is 0 Å². The molecule has 1 N–H and O–H groups in total. The Bertz CT molecular complexity index is 939. The summed E-state index contributed by atoms with van der Waals surface area (Å²) in [4.78, 5) is 25.9. The molecule has 5 nitrogen and oxygen atoms in total. The molecule has 1 atom stereocenters. The quantitative estimate of drug-likeness (QED) is 0.438. The van der Waals surface area contributed by atoms with Crippen LogP contribution >= 0.6 is 7.26 Å². The van der Waals surface area contributed by atoms with Crippen LogP contribution in [-0.4, -0.2) is 36.0 Å². The second-order valence-corrected chi connectivity index (χ2v) is 13.6. The molecule has 0 aliphatic carbocycles. The summed E-state index contributed by atoms with van der Waals surface area (Å²) < 4.78 is 5.53. The number of ether oxygens (including phenoxy) is 1. The fourth-order valence-electron chi connectivity index (χ4n) is 4.08. The molecular weight excluding hydrogens is 407 g/mol. The van der Waals surface area contributed by atoms with Crippen molar-refractivity contribution < 1.29 is 14.3 Å². The Morgan fingerprint density at radius 2 is 1.68 bits per heavy atom. The Balaban J connectivity index is 2.12. The monoisotopic (exact) mass is 440 g/mol. The minimum absolute atomic E-state index is 0.0675. The first-order valence-electron chi connectivity index (χ1n) is 10.8. The van der Waals surface area contributed by atoms with Crippen LogP contribution in [0.4, 0.5) is 5.69 Å². The van der Waals surface area contributed by atoms with Crippen molar-refractivity contribution in [3.8, 4) is 6.07 Å². The number of hydrogen-bond donors (Lipinski definition) is 1. The molecule has 1 unspecified atom stereocenters. The first-order chi connectivity index (χ1) is 14.8. The van der Waals surface area contributed by atoms with E-state index in [0.29, 0.717) is 11.7 Å².